The van der Waals surface area contributed by atoms with E-state index < -0.39 is 0 Å². The first kappa shape index (κ1) is 21.3. The lowest BCUT2D eigenvalue weighted by Gasteiger charge is -2.36. The molecule has 1 saturated carbocycles. The molecule has 6 nitrogen and oxygen atoms in total. The molecule has 2 fully saturated rings. The van der Waals surface area contributed by atoms with Crippen LogP contribution in [0.25, 0.3) is 0 Å². The van der Waals surface area contributed by atoms with Crippen molar-refractivity contribution in [3.63, 3.8) is 0 Å². The number of nitrogens with zero attached hydrogens (tertiary/aromatic N) is 5. The van der Waals surface area contributed by atoms with E-state index in [0.29, 0.717) is 11.7 Å². The molecule has 1 aliphatic heterocycles. The van der Waals surface area contributed by atoms with Gasteiger partial charge in [-0.3, -0.25) is 4.79 Å². The summed E-state index contributed by atoms with van der Waals surface area (Å²) in [6.45, 7) is 3.81. The second-order valence-corrected chi connectivity index (χ2v) is 9.70. The third-order valence-electron chi connectivity index (χ3n) is 6.00. The smallest absolute Gasteiger partial charge is 0.233 e. The molecule has 0 N–H and O–H groups in total. The summed E-state index contributed by atoms with van der Waals surface area (Å²) in [5, 5.41) is 10.5. The zero-order chi connectivity index (χ0) is 21.9. The molecule has 5 rings (SSSR count). The summed E-state index contributed by atoms with van der Waals surface area (Å²) in [5.74, 6) is 2.10. The highest BCUT2D eigenvalue weighted by atomic mass is 35.5. The molecule has 1 saturated heterocycles. The first-order valence-corrected chi connectivity index (χ1v) is 12.4. The summed E-state index contributed by atoms with van der Waals surface area (Å²) in [6.07, 6.45) is 2.35. The Morgan fingerprint density at radius 3 is 2.50 bits per heavy atom. The van der Waals surface area contributed by atoms with Gasteiger partial charge in [-0.2, -0.15) is 0 Å². The van der Waals surface area contributed by atoms with Crippen molar-refractivity contribution in [1.82, 2.24) is 19.7 Å². The van der Waals surface area contributed by atoms with Gasteiger partial charge >= 0.3 is 0 Å². The standard InChI is InChI=1S/C24H26ClN5OS/c25-20-7-4-8-21(15-20)28-11-13-29(14-12-28)22(31)17-32-24-27-26-23(19-9-10-19)30(24)16-18-5-2-1-3-6-18/h1-8,15,19H,9-14,16-17H2. The van der Waals surface area contributed by atoms with Crippen LogP contribution in [0.4, 0.5) is 5.69 Å². The van der Waals surface area contributed by atoms with Crippen molar-refractivity contribution in [2.45, 2.75) is 30.5 Å². The molecule has 0 atom stereocenters. The molecule has 0 radical (unpaired) electrons. The predicted molar refractivity (Wildman–Crippen MR) is 129 cm³/mol. The van der Waals surface area contributed by atoms with Gasteiger partial charge in [-0.05, 0) is 36.6 Å². The number of benzene rings is 2. The van der Waals surface area contributed by atoms with E-state index in [1.807, 2.05) is 29.2 Å². The topological polar surface area (TPSA) is 54.3 Å². The van der Waals surface area contributed by atoms with Crippen molar-refractivity contribution in [3.8, 4) is 0 Å². The number of halogens is 1. The van der Waals surface area contributed by atoms with Crippen LogP contribution in [0.2, 0.25) is 5.02 Å². The Hall–Kier alpha value is -2.51. The summed E-state index contributed by atoms with van der Waals surface area (Å²) in [5.41, 5.74) is 2.33. The number of anilines is 1. The summed E-state index contributed by atoms with van der Waals surface area (Å²) in [4.78, 5) is 17.1. The quantitative estimate of drug-likeness (QED) is 0.485. The lowest BCUT2D eigenvalue weighted by Crippen LogP contribution is -2.49. The van der Waals surface area contributed by atoms with Crippen LogP contribution in [0.1, 0.15) is 30.1 Å². The van der Waals surface area contributed by atoms with Gasteiger partial charge < -0.3 is 14.4 Å². The van der Waals surface area contributed by atoms with E-state index in [9.17, 15) is 4.79 Å². The molecule has 1 amide bonds. The minimum absolute atomic E-state index is 0.156. The maximum Gasteiger partial charge on any atom is 0.233 e. The third kappa shape index (κ3) is 4.94. The summed E-state index contributed by atoms with van der Waals surface area (Å²) in [6, 6.07) is 18.3. The van der Waals surface area contributed by atoms with Crippen LogP contribution in [0, 0.1) is 0 Å². The van der Waals surface area contributed by atoms with Crippen LogP contribution >= 0.6 is 23.4 Å². The summed E-state index contributed by atoms with van der Waals surface area (Å²) < 4.78 is 2.20. The van der Waals surface area contributed by atoms with Crippen LogP contribution in [0.15, 0.2) is 59.8 Å². The van der Waals surface area contributed by atoms with E-state index >= 15 is 0 Å². The zero-order valence-electron chi connectivity index (χ0n) is 17.9. The molecule has 166 valence electrons. The van der Waals surface area contributed by atoms with Crippen LogP contribution in [0.3, 0.4) is 0 Å². The molecule has 3 aromatic rings. The molecule has 2 heterocycles. The Morgan fingerprint density at radius 1 is 1.00 bits per heavy atom. The fourth-order valence-electron chi connectivity index (χ4n) is 4.07. The Bertz CT molecular complexity index is 1080. The average Bonchev–Trinajstić information content (AvgIpc) is 3.60. The van der Waals surface area contributed by atoms with Crippen molar-refractivity contribution < 1.29 is 4.79 Å². The maximum absolute atomic E-state index is 12.9. The van der Waals surface area contributed by atoms with Crippen LogP contribution < -0.4 is 4.90 Å². The summed E-state index contributed by atoms with van der Waals surface area (Å²) >= 11 is 7.62. The number of carbonyl (C=O) groups is 1. The van der Waals surface area contributed by atoms with Gasteiger partial charge in [0.1, 0.15) is 5.82 Å². The van der Waals surface area contributed by atoms with Gasteiger partial charge in [0.2, 0.25) is 5.91 Å². The lowest BCUT2D eigenvalue weighted by molar-refractivity contribution is -0.128. The van der Waals surface area contributed by atoms with Crippen molar-refractivity contribution in [2.24, 2.45) is 0 Å². The van der Waals surface area contributed by atoms with E-state index in [1.165, 1.54) is 30.2 Å². The lowest BCUT2D eigenvalue weighted by atomic mass is 10.2. The third-order valence-corrected chi connectivity index (χ3v) is 7.19. The van der Waals surface area contributed by atoms with Crippen molar-refractivity contribution in [3.05, 3.63) is 71.0 Å². The van der Waals surface area contributed by atoms with Gasteiger partial charge in [0.15, 0.2) is 5.16 Å². The van der Waals surface area contributed by atoms with Crippen molar-refractivity contribution in [2.75, 3.05) is 36.8 Å². The Morgan fingerprint density at radius 2 is 1.78 bits per heavy atom. The van der Waals surface area contributed by atoms with Gasteiger partial charge in [0.05, 0.1) is 12.3 Å². The van der Waals surface area contributed by atoms with E-state index in [0.717, 1.165) is 54.4 Å². The molecule has 0 unspecified atom stereocenters. The number of carbonyl (C=O) groups excluding carboxylic acids is 1. The number of rotatable bonds is 7. The van der Waals surface area contributed by atoms with Gasteiger partial charge in [0, 0.05) is 42.8 Å². The molecule has 1 aromatic heterocycles. The number of piperazine rings is 1. The highest BCUT2D eigenvalue weighted by Gasteiger charge is 2.31. The predicted octanol–water partition coefficient (Wildman–Crippen LogP) is 4.30. The maximum atomic E-state index is 12.9. The van der Waals surface area contributed by atoms with Crippen molar-refractivity contribution in [1.29, 1.82) is 0 Å². The summed E-state index contributed by atoms with van der Waals surface area (Å²) in [7, 11) is 0. The Kier molecular flexibility index (Phi) is 6.37. The van der Waals surface area contributed by atoms with Gasteiger partial charge in [-0.25, -0.2) is 0 Å². The SMILES string of the molecule is O=C(CSc1nnc(C2CC2)n1Cc1ccccc1)N1CCN(c2cccc(Cl)c2)CC1. The zero-order valence-corrected chi connectivity index (χ0v) is 19.4. The molecule has 0 spiro atoms. The molecule has 2 aliphatic rings. The first-order valence-electron chi connectivity index (χ1n) is 11.1. The number of amides is 1. The molecule has 1 aliphatic carbocycles. The molecular weight excluding hydrogens is 442 g/mol. The highest BCUT2D eigenvalue weighted by Crippen LogP contribution is 2.40. The molecule has 8 heteroatoms. The number of hydrogen-bond acceptors (Lipinski definition) is 5. The first-order chi connectivity index (χ1) is 15.7. The second kappa shape index (κ2) is 9.55. The van der Waals surface area contributed by atoms with E-state index in [2.05, 4.69) is 50.0 Å². The number of aromatic nitrogens is 3. The monoisotopic (exact) mass is 467 g/mol. The van der Waals surface area contributed by atoms with E-state index in [4.69, 9.17) is 11.6 Å². The average molecular weight is 468 g/mol. The second-order valence-electron chi connectivity index (χ2n) is 8.32. The Balaban J connectivity index is 1.19. The number of thioether (sulfide) groups is 1. The molecule has 2 aromatic carbocycles. The van der Waals surface area contributed by atoms with E-state index in [1.54, 1.807) is 0 Å². The number of hydrogen-bond donors (Lipinski definition) is 0. The van der Waals surface area contributed by atoms with Gasteiger partial charge in [0.25, 0.3) is 0 Å². The van der Waals surface area contributed by atoms with Crippen LogP contribution in [0.5, 0.6) is 0 Å². The van der Waals surface area contributed by atoms with Crippen LogP contribution in [-0.4, -0.2) is 57.5 Å². The fourth-order valence-corrected chi connectivity index (χ4v) is 5.10. The highest BCUT2D eigenvalue weighted by molar-refractivity contribution is 7.99. The molecule has 0 bridgehead atoms. The fraction of sp³-hybridized carbons (Fsp3) is 0.375. The van der Waals surface area contributed by atoms with Crippen LogP contribution in [-0.2, 0) is 11.3 Å². The minimum Gasteiger partial charge on any atom is -0.368 e. The Labute approximate surface area is 197 Å². The molecule has 32 heavy (non-hydrogen) atoms. The minimum atomic E-state index is 0.156. The largest absolute Gasteiger partial charge is 0.368 e. The van der Waals surface area contributed by atoms with Gasteiger partial charge in [-0.15, -0.1) is 10.2 Å². The van der Waals surface area contributed by atoms with E-state index in [-0.39, 0.29) is 5.91 Å². The molecular formula is C24H26ClN5OS. The van der Waals surface area contributed by atoms with Crippen molar-refractivity contribution >= 4 is 35.0 Å². The normalized spacial score (nSPS) is 16.4. The van der Waals surface area contributed by atoms with Gasteiger partial charge in [-0.1, -0.05) is 59.8 Å².